The van der Waals surface area contributed by atoms with E-state index in [4.69, 9.17) is 8.83 Å². The van der Waals surface area contributed by atoms with E-state index in [2.05, 4.69) is 16.3 Å². The second-order valence-electron chi connectivity index (χ2n) is 6.67. The normalized spacial score (nSPS) is 15.5. The molecule has 1 aliphatic rings. The molecule has 0 saturated carbocycles. The third-order valence-corrected chi connectivity index (χ3v) is 4.79. The van der Waals surface area contributed by atoms with Gasteiger partial charge in [-0.3, -0.25) is 4.79 Å². The first kappa shape index (κ1) is 15.9. The molecule has 1 aromatic carbocycles. The number of rotatable bonds is 2. The molecule has 25 heavy (non-hydrogen) atoms. The highest BCUT2D eigenvalue weighted by atomic mass is 16.4. The van der Waals surface area contributed by atoms with Crippen LogP contribution in [0.25, 0.3) is 22.6 Å². The first-order valence-corrected chi connectivity index (χ1v) is 8.76. The maximum absolute atomic E-state index is 12.6. The lowest BCUT2D eigenvalue weighted by Crippen LogP contribution is -2.32. The summed E-state index contributed by atoms with van der Waals surface area (Å²) in [6, 6.07) is 6.00. The van der Waals surface area contributed by atoms with E-state index < -0.39 is 0 Å². The van der Waals surface area contributed by atoms with Gasteiger partial charge in [-0.1, -0.05) is 24.5 Å². The van der Waals surface area contributed by atoms with Crippen molar-refractivity contribution < 1.29 is 13.6 Å². The fraction of sp³-hybridized carbons (Fsp3) is 0.421. The van der Waals surface area contributed by atoms with Crippen LogP contribution in [0.4, 0.5) is 0 Å². The summed E-state index contributed by atoms with van der Waals surface area (Å²) in [6.45, 7) is 5.50. The standard InChI is InChI=1S/C19H21N3O3/c1-12-7-8-15-14(11-12)13(2)16(24-15)17-20-21-18(25-17)19(23)22-9-5-3-4-6-10-22/h7-8,11H,3-6,9-10H2,1-2H3. The number of aromatic nitrogens is 2. The number of carbonyl (C=O) groups excluding carboxylic acids is 1. The van der Waals surface area contributed by atoms with Gasteiger partial charge in [0.2, 0.25) is 0 Å². The van der Waals surface area contributed by atoms with Crippen molar-refractivity contribution in [2.75, 3.05) is 13.1 Å². The van der Waals surface area contributed by atoms with E-state index >= 15 is 0 Å². The molecule has 6 nitrogen and oxygen atoms in total. The van der Waals surface area contributed by atoms with Gasteiger partial charge in [0, 0.05) is 24.0 Å². The van der Waals surface area contributed by atoms with Gasteiger partial charge in [0.1, 0.15) is 5.58 Å². The molecule has 0 aliphatic carbocycles. The number of benzene rings is 1. The Bertz CT molecular complexity index is 917. The lowest BCUT2D eigenvalue weighted by atomic mass is 10.1. The zero-order valence-electron chi connectivity index (χ0n) is 14.5. The topological polar surface area (TPSA) is 72.4 Å². The lowest BCUT2D eigenvalue weighted by Gasteiger charge is -2.17. The average molecular weight is 339 g/mol. The molecule has 0 N–H and O–H groups in total. The molecule has 2 aromatic heterocycles. The van der Waals surface area contributed by atoms with Crippen LogP contribution in [-0.2, 0) is 0 Å². The summed E-state index contributed by atoms with van der Waals surface area (Å²) in [5.74, 6) is 0.630. The summed E-state index contributed by atoms with van der Waals surface area (Å²) >= 11 is 0. The highest BCUT2D eigenvalue weighted by Gasteiger charge is 2.25. The van der Waals surface area contributed by atoms with Crippen LogP contribution in [0.3, 0.4) is 0 Å². The number of fused-ring (bicyclic) bond motifs is 1. The van der Waals surface area contributed by atoms with Crippen molar-refractivity contribution in [3.05, 3.63) is 35.2 Å². The molecule has 0 unspecified atom stereocenters. The van der Waals surface area contributed by atoms with Gasteiger partial charge in [-0.25, -0.2) is 0 Å². The van der Waals surface area contributed by atoms with Gasteiger partial charge < -0.3 is 13.7 Å². The smallest absolute Gasteiger partial charge is 0.311 e. The molecular formula is C19H21N3O3. The molecule has 1 saturated heterocycles. The second kappa shape index (κ2) is 6.35. The quantitative estimate of drug-likeness (QED) is 0.702. The Kier molecular flexibility index (Phi) is 4.03. The Morgan fingerprint density at radius 2 is 1.80 bits per heavy atom. The van der Waals surface area contributed by atoms with Crippen LogP contribution in [0.15, 0.2) is 27.0 Å². The lowest BCUT2D eigenvalue weighted by molar-refractivity contribution is 0.0722. The molecule has 0 radical (unpaired) electrons. The number of likely N-dealkylation sites (tertiary alicyclic amines) is 1. The minimum Gasteiger partial charge on any atom is -0.451 e. The Labute approximate surface area is 145 Å². The third kappa shape index (κ3) is 2.92. The second-order valence-corrected chi connectivity index (χ2v) is 6.67. The average Bonchev–Trinajstić information content (AvgIpc) is 3.10. The van der Waals surface area contributed by atoms with E-state index in [1.165, 1.54) is 0 Å². The number of hydrogen-bond acceptors (Lipinski definition) is 5. The summed E-state index contributed by atoms with van der Waals surface area (Å²) in [5.41, 5.74) is 2.87. The van der Waals surface area contributed by atoms with Crippen molar-refractivity contribution in [3.63, 3.8) is 0 Å². The fourth-order valence-corrected chi connectivity index (χ4v) is 3.35. The molecule has 0 spiro atoms. The summed E-state index contributed by atoms with van der Waals surface area (Å²) in [7, 11) is 0. The van der Waals surface area contributed by atoms with Gasteiger partial charge in [0.15, 0.2) is 5.76 Å². The largest absolute Gasteiger partial charge is 0.451 e. The highest BCUT2D eigenvalue weighted by molar-refractivity contribution is 5.90. The van der Waals surface area contributed by atoms with Gasteiger partial charge in [0.05, 0.1) is 0 Å². The first-order chi connectivity index (χ1) is 12.1. The number of furan rings is 1. The predicted octanol–water partition coefficient (Wildman–Crippen LogP) is 4.12. The van der Waals surface area contributed by atoms with E-state index in [0.717, 1.165) is 60.9 Å². The van der Waals surface area contributed by atoms with E-state index in [-0.39, 0.29) is 17.7 Å². The van der Waals surface area contributed by atoms with Gasteiger partial charge in [-0.15, -0.1) is 10.2 Å². The molecule has 4 rings (SSSR count). The number of nitrogens with zero attached hydrogens (tertiary/aromatic N) is 3. The van der Waals surface area contributed by atoms with Crippen LogP contribution in [-0.4, -0.2) is 34.1 Å². The molecule has 1 fully saturated rings. The summed E-state index contributed by atoms with van der Waals surface area (Å²) in [6.07, 6.45) is 4.37. The summed E-state index contributed by atoms with van der Waals surface area (Å²) in [5, 5.41) is 9.03. The van der Waals surface area contributed by atoms with E-state index in [0.29, 0.717) is 5.76 Å². The van der Waals surface area contributed by atoms with E-state index in [1.54, 1.807) is 4.90 Å². The number of amides is 1. The molecule has 0 atom stereocenters. The molecule has 6 heteroatoms. The summed E-state index contributed by atoms with van der Waals surface area (Å²) < 4.78 is 11.5. The Morgan fingerprint density at radius 3 is 2.56 bits per heavy atom. The van der Waals surface area contributed by atoms with Crippen molar-refractivity contribution in [1.29, 1.82) is 0 Å². The zero-order valence-corrected chi connectivity index (χ0v) is 14.5. The molecule has 3 aromatic rings. The minimum atomic E-state index is -0.190. The van der Waals surface area contributed by atoms with Crippen LogP contribution in [0, 0.1) is 13.8 Å². The molecule has 3 heterocycles. The van der Waals surface area contributed by atoms with E-state index in [1.807, 2.05) is 26.0 Å². The van der Waals surface area contributed by atoms with Gasteiger partial charge in [-0.2, -0.15) is 0 Å². The van der Waals surface area contributed by atoms with Crippen molar-refractivity contribution in [1.82, 2.24) is 15.1 Å². The maximum Gasteiger partial charge on any atom is 0.311 e. The van der Waals surface area contributed by atoms with Gasteiger partial charge >= 0.3 is 11.8 Å². The number of carbonyl (C=O) groups is 1. The monoisotopic (exact) mass is 339 g/mol. The van der Waals surface area contributed by atoms with Gasteiger partial charge in [0.25, 0.3) is 5.89 Å². The third-order valence-electron chi connectivity index (χ3n) is 4.79. The molecule has 130 valence electrons. The fourth-order valence-electron chi connectivity index (χ4n) is 3.35. The van der Waals surface area contributed by atoms with Crippen LogP contribution >= 0.6 is 0 Å². The van der Waals surface area contributed by atoms with Crippen molar-refractivity contribution in [2.45, 2.75) is 39.5 Å². The number of hydrogen-bond donors (Lipinski definition) is 0. The first-order valence-electron chi connectivity index (χ1n) is 8.76. The SMILES string of the molecule is Cc1ccc2oc(-c3nnc(C(=O)N4CCCCCC4)o3)c(C)c2c1. The van der Waals surface area contributed by atoms with Crippen LogP contribution in [0.5, 0.6) is 0 Å². The molecule has 1 amide bonds. The summed E-state index contributed by atoms with van der Waals surface area (Å²) in [4.78, 5) is 14.4. The van der Waals surface area contributed by atoms with E-state index in [9.17, 15) is 4.79 Å². The van der Waals surface area contributed by atoms with Gasteiger partial charge in [-0.05, 0) is 38.8 Å². The Balaban J connectivity index is 1.65. The molecule has 1 aliphatic heterocycles. The number of aryl methyl sites for hydroxylation is 2. The Morgan fingerprint density at radius 1 is 1.04 bits per heavy atom. The van der Waals surface area contributed by atoms with Crippen molar-refractivity contribution in [2.24, 2.45) is 0 Å². The molecule has 0 bridgehead atoms. The van der Waals surface area contributed by atoms with Crippen molar-refractivity contribution >= 4 is 16.9 Å². The van der Waals surface area contributed by atoms with Crippen LogP contribution < -0.4 is 0 Å². The van der Waals surface area contributed by atoms with Crippen LogP contribution in [0.2, 0.25) is 0 Å². The highest BCUT2D eigenvalue weighted by Crippen LogP contribution is 2.32. The minimum absolute atomic E-state index is 0.0351. The zero-order chi connectivity index (χ0) is 17.4. The molecular weight excluding hydrogens is 318 g/mol. The Hall–Kier alpha value is -2.63. The van der Waals surface area contributed by atoms with Crippen LogP contribution in [0.1, 0.15) is 47.5 Å². The van der Waals surface area contributed by atoms with Crippen molar-refractivity contribution in [3.8, 4) is 11.7 Å². The predicted molar refractivity (Wildman–Crippen MR) is 93.4 cm³/mol. The maximum atomic E-state index is 12.6.